The van der Waals surface area contributed by atoms with Gasteiger partial charge < -0.3 is 14.8 Å². The Morgan fingerprint density at radius 3 is 2.59 bits per heavy atom. The molecule has 1 aromatic carbocycles. The first-order chi connectivity index (χ1) is 14.1. The second-order valence-electron chi connectivity index (χ2n) is 8.79. The molecule has 0 aromatic heterocycles. The van der Waals surface area contributed by atoms with Gasteiger partial charge in [-0.15, -0.1) is 0 Å². The Labute approximate surface area is 174 Å². The van der Waals surface area contributed by atoms with E-state index in [4.69, 9.17) is 9.47 Å². The Morgan fingerprint density at radius 1 is 1.14 bits per heavy atom. The third kappa shape index (κ3) is 5.37. The van der Waals surface area contributed by atoms with Gasteiger partial charge >= 0.3 is 0 Å². The number of ether oxygens (including phenoxy) is 2. The summed E-state index contributed by atoms with van der Waals surface area (Å²) in [7, 11) is 0. The van der Waals surface area contributed by atoms with E-state index in [0.29, 0.717) is 19.8 Å². The number of nitrogens with one attached hydrogen (secondary N) is 1. The zero-order valence-electron chi connectivity index (χ0n) is 17.6. The predicted molar refractivity (Wildman–Crippen MR) is 113 cm³/mol. The lowest BCUT2D eigenvalue weighted by Gasteiger charge is -2.39. The molecule has 4 rings (SSSR count). The molecule has 29 heavy (non-hydrogen) atoms. The van der Waals surface area contributed by atoms with Crippen molar-refractivity contribution in [2.24, 2.45) is 0 Å². The lowest BCUT2D eigenvalue weighted by Crippen LogP contribution is -2.51. The molecule has 3 fully saturated rings. The second kappa shape index (κ2) is 9.56. The van der Waals surface area contributed by atoms with E-state index in [-0.39, 0.29) is 23.7 Å². The first-order valence-electron chi connectivity index (χ1n) is 11.2. The molecule has 1 amide bonds. The number of likely N-dealkylation sites (tertiary alicyclic amines) is 1. The van der Waals surface area contributed by atoms with Crippen LogP contribution in [0.5, 0.6) is 0 Å². The van der Waals surface area contributed by atoms with Gasteiger partial charge in [-0.1, -0.05) is 30.3 Å². The van der Waals surface area contributed by atoms with Gasteiger partial charge in [0.25, 0.3) is 0 Å². The van der Waals surface area contributed by atoms with Gasteiger partial charge in [0.2, 0.25) is 5.91 Å². The molecule has 0 radical (unpaired) electrons. The number of carbonyl (C=O) groups excluding carboxylic acids is 1. The van der Waals surface area contributed by atoms with E-state index in [9.17, 15) is 4.79 Å². The van der Waals surface area contributed by atoms with Crippen LogP contribution in [0.3, 0.4) is 0 Å². The molecule has 6 heteroatoms. The molecule has 3 heterocycles. The van der Waals surface area contributed by atoms with Crippen molar-refractivity contribution in [1.82, 2.24) is 15.1 Å². The number of hydrogen-bond acceptors (Lipinski definition) is 5. The van der Waals surface area contributed by atoms with Crippen molar-refractivity contribution in [3.05, 3.63) is 35.9 Å². The van der Waals surface area contributed by atoms with Crippen molar-refractivity contribution >= 4 is 5.91 Å². The number of benzene rings is 1. The minimum atomic E-state index is -0.101. The Kier molecular flexibility index (Phi) is 6.85. The topological polar surface area (TPSA) is 54.0 Å². The molecular formula is C23H35N3O3. The third-order valence-corrected chi connectivity index (χ3v) is 6.83. The molecule has 3 saturated heterocycles. The normalized spacial score (nSPS) is 26.4. The van der Waals surface area contributed by atoms with E-state index in [0.717, 1.165) is 58.4 Å². The van der Waals surface area contributed by atoms with Gasteiger partial charge in [-0.05, 0) is 38.2 Å². The first kappa shape index (κ1) is 20.8. The van der Waals surface area contributed by atoms with Gasteiger partial charge in [0, 0.05) is 39.3 Å². The molecule has 160 valence electrons. The molecule has 1 N–H and O–H groups in total. The fourth-order valence-corrected chi connectivity index (χ4v) is 4.86. The Hall–Kier alpha value is -1.47. The molecule has 3 aliphatic heterocycles. The maximum Gasteiger partial charge on any atom is 0.237 e. The number of amides is 1. The number of hydrogen-bond donors (Lipinski definition) is 1. The zero-order chi connectivity index (χ0) is 20.1. The highest BCUT2D eigenvalue weighted by Gasteiger charge is 2.42. The van der Waals surface area contributed by atoms with Gasteiger partial charge in [0.15, 0.2) is 0 Å². The number of rotatable bonds is 6. The minimum Gasteiger partial charge on any atom is -0.379 e. The lowest BCUT2D eigenvalue weighted by atomic mass is 9.88. The average Bonchev–Trinajstić information content (AvgIpc) is 3.17. The Morgan fingerprint density at radius 2 is 1.86 bits per heavy atom. The van der Waals surface area contributed by atoms with Gasteiger partial charge in [-0.3, -0.25) is 14.6 Å². The lowest BCUT2D eigenvalue weighted by molar-refractivity contribution is -0.129. The number of piperidine rings is 1. The van der Waals surface area contributed by atoms with Crippen molar-refractivity contribution in [2.75, 3.05) is 45.9 Å². The summed E-state index contributed by atoms with van der Waals surface area (Å²) in [5.41, 5.74) is 1.41. The van der Waals surface area contributed by atoms with Crippen LogP contribution in [0, 0.1) is 0 Å². The van der Waals surface area contributed by atoms with Crippen LogP contribution < -0.4 is 5.32 Å². The molecule has 1 spiro atoms. The standard InChI is InChI=1S/C23H35N3O3/c1-19(26-13-15-28-16-14-26)22(27)24-17-21-7-8-23(29-21)9-11-25(12-10-23)18-20-5-3-2-4-6-20/h2-6,19,21H,7-18H2,1H3,(H,24,27). The summed E-state index contributed by atoms with van der Waals surface area (Å²) in [6.07, 6.45) is 4.50. The molecular weight excluding hydrogens is 366 g/mol. The minimum absolute atomic E-state index is 0.0262. The number of carbonyl (C=O) groups is 1. The van der Waals surface area contributed by atoms with Gasteiger partial charge in [0.05, 0.1) is 31.0 Å². The summed E-state index contributed by atoms with van der Waals surface area (Å²) in [6.45, 7) is 8.90. The van der Waals surface area contributed by atoms with E-state index >= 15 is 0 Å². The maximum absolute atomic E-state index is 12.5. The Bertz CT molecular complexity index is 655. The predicted octanol–water partition coefficient (Wildman–Crippen LogP) is 2.04. The van der Waals surface area contributed by atoms with Crippen LogP contribution in [0.1, 0.15) is 38.2 Å². The summed E-state index contributed by atoms with van der Waals surface area (Å²) in [5, 5.41) is 3.13. The average molecular weight is 402 g/mol. The molecule has 3 aliphatic rings. The fourth-order valence-electron chi connectivity index (χ4n) is 4.86. The molecule has 0 aliphatic carbocycles. The summed E-state index contributed by atoms with van der Waals surface area (Å²) < 4.78 is 11.9. The van der Waals surface area contributed by atoms with Crippen LogP contribution in [-0.2, 0) is 20.8 Å². The van der Waals surface area contributed by atoms with Crippen LogP contribution >= 0.6 is 0 Å². The highest BCUT2D eigenvalue weighted by molar-refractivity contribution is 5.81. The quantitative estimate of drug-likeness (QED) is 0.791. The van der Waals surface area contributed by atoms with Crippen LogP contribution in [0.2, 0.25) is 0 Å². The highest BCUT2D eigenvalue weighted by atomic mass is 16.5. The van der Waals surface area contributed by atoms with E-state index in [2.05, 4.69) is 45.4 Å². The fraction of sp³-hybridized carbons (Fsp3) is 0.696. The Balaban J connectivity index is 1.19. The molecule has 1 aromatic rings. The number of morpholine rings is 1. The summed E-state index contributed by atoms with van der Waals surface area (Å²) in [6, 6.07) is 10.6. The first-order valence-corrected chi connectivity index (χ1v) is 11.2. The van der Waals surface area contributed by atoms with E-state index in [1.807, 2.05) is 6.92 Å². The van der Waals surface area contributed by atoms with Crippen LogP contribution in [-0.4, -0.2) is 79.4 Å². The van der Waals surface area contributed by atoms with Gasteiger partial charge in [0.1, 0.15) is 0 Å². The SMILES string of the molecule is CC(C(=O)NCC1CCC2(CCN(Cc3ccccc3)CC2)O1)N1CCOCC1. The van der Waals surface area contributed by atoms with Gasteiger partial charge in [-0.2, -0.15) is 0 Å². The monoisotopic (exact) mass is 401 g/mol. The number of nitrogens with zero attached hydrogens (tertiary/aromatic N) is 2. The van der Waals surface area contributed by atoms with Crippen molar-refractivity contribution < 1.29 is 14.3 Å². The smallest absolute Gasteiger partial charge is 0.237 e. The molecule has 2 unspecified atom stereocenters. The van der Waals surface area contributed by atoms with Crippen LogP contribution in [0.25, 0.3) is 0 Å². The molecule has 0 saturated carbocycles. The second-order valence-corrected chi connectivity index (χ2v) is 8.79. The van der Waals surface area contributed by atoms with Crippen molar-refractivity contribution in [2.45, 2.75) is 56.9 Å². The highest BCUT2D eigenvalue weighted by Crippen LogP contribution is 2.39. The summed E-state index contributed by atoms with van der Waals surface area (Å²) in [5.74, 6) is 0.106. The van der Waals surface area contributed by atoms with Crippen LogP contribution in [0.4, 0.5) is 0 Å². The molecule has 0 bridgehead atoms. The largest absolute Gasteiger partial charge is 0.379 e. The summed E-state index contributed by atoms with van der Waals surface area (Å²) in [4.78, 5) is 17.3. The maximum atomic E-state index is 12.5. The molecule has 6 nitrogen and oxygen atoms in total. The zero-order valence-corrected chi connectivity index (χ0v) is 17.6. The van der Waals surface area contributed by atoms with E-state index < -0.39 is 0 Å². The van der Waals surface area contributed by atoms with E-state index in [1.54, 1.807) is 0 Å². The van der Waals surface area contributed by atoms with Crippen molar-refractivity contribution in [3.8, 4) is 0 Å². The molecule has 2 atom stereocenters. The van der Waals surface area contributed by atoms with Crippen LogP contribution in [0.15, 0.2) is 30.3 Å². The van der Waals surface area contributed by atoms with Gasteiger partial charge in [-0.25, -0.2) is 0 Å². The van der Waals surface area contributed by atoms with Crippen molar-refractivity contribution in [3.63, 3.8) is 0 Å². The van der Waals surface area contributed by atoms with Crippen molar-refractivity contribution in [1.29, 1.82) is 0 Å². The van der Waals surface area contributed by atoms with E-state index in [1.165, 1.54) is 5.56 Å². The summed E-state index contributed by atoms with van der Waals surface area (Å²) >= 11 is 0. The third-order valence-electron chi connectivity index (χ3n) is 6.83.